The molecule has 2 aromatic heterocycles. The molecule has 0 aromatic carbocycles. The van der Waals surface area contributed by atoms with Crippen LogP contribution in [0.4, 0.5) is 18.9 Å². The van der Waals surface area contributed by atoms with Crippen molar-refractivity contribution in [3.63, 3.8) is 0 Å². The van der Waals surface area contributed by atoms with Gasteiger partial charge in [0, 0.05) is 18.2 Å². The van der Waals surface area contributed by atoms with E-state index in [4.69, 9.17) is 0 Å². The third-order valence-electron chi connectivity index (χ3n) is 3.88. The molecule has 1 aliphatic rings. The molecule has 2 aromatic rings. The molecule has 3 rings (SSSR count). The molecule has 1 atom stereocenters. The minimum absolute atomic E-state index is 0.105. The smallest absolute Gasteiger partial charge is 0.262 e. The first kappa shape index (κ1) is 21.2. The lowest BCUT2D eigenvalue weighted by Crippen LogP contribution is -2.25. The van der Waals surface area contributed by atoms with Crippen molar-refractivity contribution in [2.75, 3.05) is 18.4 Å². The molecule has 0 unspecified atom stereocenters. The van der Waals surface area contributed by atoms with E-state index in [2.05, 4.69) is 52.2 Å². The van der Waals surface area contributed by atoms with Crippen molar-refractivity contribution >= 4 is 33.2 Å². The van der Waals surface area contributed by atoms with Crippen molar-refractivity contribution in [1.29, 1.82) is 0 Å². The van der Waals surface area contributed by atoms with Crippen LogP contribution < -0.4 is 16.1 Å². The van der Waals surface area contributed by atoms with Crippen molar-refractivity contribution in [2.45, 2.75) is 32.2 Å². The Labute approximate surface area is 172 Å². The fraction of sp³-hybridized carbons (Fsp3) is 0.438. The fourth-order valence-electron chi connectivity index (χ4n) is 2.61. The molecule has 1 saturated heterocycles. The number of anilines is 1. The maximum Gasteiger partial charge on any atom is 0.262 e. The maximum absolute atomic E-state index is 14.5. The first-order valence-corrected chi connectivity index (χ1v) is 9.37. The SMILES string of the molecule is CC(C)=NNCC(=O)Nc1cc(F)c(-n2cnc([C@@H]3CC(F)(F)CN3)n2)nc1Br. The van der Waals surface area contributed by atoms with Gasteiger partial charge in [-0.25, -0.2) is 23.1 Å². The Balaban J connectivity index is 1.73. The number of nitrogens with zero attached hydrogens (tertiary/aromatic N) is 5. The Morgan fingerprint density at radius 1 is 1.48 bits per heavy atom. The lowest BCUT2D eigenvalue weighted by Gasteiger charge is -2.10. The molecule has 0 aliphatic carbocycles. The average molecular weight is 475 g/mol. The van der Waals surface area contributed by atoms with Gasteiger partial charge in [-0.2, -0.15) is 9.78 Å². The van der Waals surface area contributed by atoms with E-state index in [9.17, 15) is 18.0 Å². The number of aromatic nitrogens is 4. The van der Waals surface area contributed by atoms with Crippen LogP contribution in [-0.2, 0) is 4.79 Å². The van der Waals surface area contributed by atoms with Gasteiger partial charge in [0.15, 0.2) is 17.5 Å². The number of nitrogens with one attached hydrogen (secondary N) is 3. The van der Waals surface area contributed by atoms with Gasteiger partial charge >= 0.3 is 0 Å². The molecule has 1 aliphatic heterocycles. The van der Waals surface area contributed by atoms with Gasteiger partial charge in [0.2, 0.25) is 5.91 Å². The molecule has 156 valence electrons. The Kier molecular flexibility index (Phi) is 6.17. The van der Waals surface area contributed by atoms with Crippen LogP contribution in [0.25, 0.3) is 5.82 Å². The largest absolute Gasteiger partial charge is 0.322 e. The topological polar surface area (TPSA) is 109 Å². The number of halogens is 4. The second-order valence-electron chi connectivity index (χ2n) is 6.62. The number of hydrogen-bond acceptors (Lipinski definition) is 7. The van der Waals surface area contributed by atoms with E-state index in [0.717, 1.165) is 16.5 Å². The summed E-state index contributed by atoms with van der Waals surface area (Å²) >= 11 is 3.17. The fourth-order valence-corrected chi connectivity index (χ4v) is 2.99. The number of pyridine rings is 1. The average Bonchev–Trinajstić information content (AvgIpc) is 3.24. The van der Waals surface area contributed by atoms with Gasteiger partial charge in [-0.3, -0.25) is 4.79 Å². The molecule has 29 heavy (non-hydrogen) atoms. The molecule has 0 radical (unpaired) electrons. The zero-order valence-electron chi connectivity index (χ0n) is 15.5. The molecule has 0 saturated carbocycles. The van der Waals surface area contributed by atoms with E-state index in [1.807, 2.05) is 0 Å². The molecule has 1 fully saturated rings. The van der Waals surface area contributed by atoms with Crippen molar-refractivity contribution < 1.29 is 18.0 Å². The van der Waals surface area contributed by atoms with Gasteiger partial charge in [0.05, 0.1) is 18.3 Å². The molecule has 1 amide bonds. The van der Waals surface area contributed by atoms with E-state index < -0.39 is 36.7 Å². The number of rotatable bonds is 6. The van der Waals surface area contributed by atoms with Crippen LogP contribution in [-0.4, -0.2) is 50.4 Å². The molecule has 3 heterocycles. The summed E-state index contributed by atoms with van der Waals surface area (Å²) in [4.78, 5) is 19.9. The summed E-state index contributed by atoms with van der Waals surface area (Å²) in [6.07, 6.45) is 0.760. The highest BCUT2D eigenvalue weighted by molar-refractivity contribution is 9.10. The summed E-state index contributed by atoms with van der Waals surface area (Å²) in [5.41, 5.74) is 3.44. The number of carbonyl (C=O) groups is 1. The molecule has 9 nitrogen and oxygen atoms in total. The van der Waals surface area contributed by atoms with E-state index in [1.54, 1.807) is 13.8 Å². The standard InChI is InChI=1S/C16H18BrF3N8O/c1-8(2)26-23-5-12(29)24-10-3-9(18)15(25-13(10)17)28-7-22-14(27-28)11-4-16(19,20)6-21-11/h3,7,11,21,23H,4-6H2,1-2H3,(H,24,29)/t11-/m0/s1. The number of hydrogen-bond donors (Lipinski definition) is 3. The van der Waals surface area contributed by atoms with Crippen molar-refractivity contribution in [3.05, 3.63) is 28.6 Å². The normalized spacial score (nSPS) is 17.8. The van der Waals surface area contributed by atoms with Gasteiger partial charge in [-0.1, -0.05) is 0 Å². The highest BCUT2D eigenvalue weighted by atomic mass is 79.9. The molecular formula is C16H18BrF3N8O. The third-order valence-corrected chi connectivity index (χ3v) is 4.48. The van der Waals surface area contributed by atoms with Gasteiger partial charge < -0.3 is 16.1 Å². The minimum Gasteiger partial charge on any atom is -0.322 e. The first-order valence-electron chi connectivity index (χ1n) is 8.57. The van der Waals surface area contributed by atoms with Crippen molar-refractivity contribution in [2.24, 2.45) is 5.10 Å². The highest BCUT2D eigenvalue weighted by Crippen LogP contribution is 2.32. The van der Waals surface area contributed by atoms with Crippen molar-refractivity contribution in [3.8, 4) is 5.82 Å². The van der Waals surface area contributed by atoms with Crippen LogP contribution in [0.3, 0.4) is 0 Å². The van der Waals surface area contributed by atoms with E-state index in [1.165, 1.54) is 6.33 Å². The Hall–Kier alpha value is -2.54. The van der Waals surface area contributed by atoms with Crippen LogP contribution in [0.5, 0.6) is 0 Å². The highest BCUT2D eigenvalue weighted by Gasteiger charge is 2.41. The van der Waals surface area contributed by atoms with Crippen LogP contribution in [0.1, 0.15) is 32.1 Å². The number of carbonyl (C=O) groups excluding carboxylic acids is 1. The predicted octanol–water partition coefficient (Wildman–Crippen LogP) is 2.16. The second-order valence-corrected chi connectivity index (χ2v) is 7.37. The summed E-state index contributed by atoms with van der Waals surface area (Å²) in [6.45, 7) is 2.97. The molecular weight excluding hydrogens is 457 g/mol. The summed E-state index contributed by atoms with van der Waals surface area (Å²) in [5.74, 6) is -4.13. The van der Waals surface area contributed by atoms with E-state index >= 15 is 0 Å². The zero-order chi connectivity index (χ0) is 21.2. The number of hydrazone groups is 1. The zero-order valence-corrected chi connectivity index (χ0v) is 17.1. The van der Waals surface area contributed by atoms with Gasteiger partial charge in [-0.15, -0.1) is 5.10 Å². The maximum atomic E-state index is 14.5. The van der Waals surface area contributed by atoms with Gasteiger partial charge in [-0.05, 0) is 29.8 Å². The summed E-state index contributed by atoms with van der Waals surface area (Å²) in [5, 5.41) is 13.1. The van der Waals surface area contributed by atoms with Gasteiger partial charge in [0.25, 0.3) is 5.92 Å². The monoisotopic (exact) mass is 474 g/mol. The predicted molar refractivity (Wildman–Crippen MR) is 103 cm³/mol. The van der Waals surface area contributed by atoms with Gasteiger partial charge in [0.1, 0.15) is 17.5 Å². The molecule has 0 bridgehead atoms. The van der Waals surface area contributed by atoms with E-state index in [-0.39, 0.29) is 28.5 Å². The Bertz CT molecular complexity index is 944. The Morgan fingerprint density at radius 2 is 2.24 bits per heavy atom. The van der Waals surface area contributed by atoms with Crippen LogP contribution >= 0.6 is 15.9 Å². The summed E-state index contributed by atoms with van der Waals surface area (Å²) in [7, 11) is 0. The number of alkyl halides is 2. The molecule has 0 spiro atoms. The van der Waals surface area contributed by atoms with Crippen molar-refractivity contribution in [1.82, 2.24) is 30.5 Å². The lowest BCUT2D eigenvalue weighted by atomic mass is 10.2. The lowest BCUT2D eigenvalue weighted by molar-refractivity contribution is -0.115. The van der Waals surface area contributed by atoms with Crippen LogP contribution in [0.15, 0.2) is 22.1 Å². The third kappa shape index (κ3) is 5.29. The van der Waals surface area contributed by atoms with Crippen LogP contribution in [0, 0.1) is 5.82 Å². The van der Waals surface area contributed by atoms with Crippen LogP contribution in [0.2, 0.25) is 0 Å². The summed E-state index contributed by atoms with van der Waals surface area (Å²) < 4.78 is 42.4. The molecule has 13 heteroatoms. The first-order chi connectivity index (χ1) is 13.6. The minimum atomic E-state index is -2.83. The second kappa shape index (κ2) is 8.45. The Morgan fingerprint density at radius 3 is 2.90 bits per heavy atom. The van der Waals surface area contributed by atoms with E-state index in [0.29, 0.717) is 0 Å². The summed E-state index contributed by atoms with van der Waals surface area (Å²) in [6, 6.07) is 0.348. The quantitative estimate of drug-likeness (QED) is 0.336. The number of amides is 1. The molecule has 3 N–H and O–H groups in total.